The molecule has 5 rings (SSSR count). The Morgan fingerprint density at radius 3 is 2.55 bits per heavy atom. The van der Waals surface area contributed by atoms with Crippen molar-refractivity contribution < 1.29 is 4.79 Å². The molecule has 1 aliphatic carbocycles. The van der Waals surface area contributed by atoms with E-state index >= 15 is 0 Å². The third-order valence-electron chi connectivity index (χ3n) is 5.91. The summed E-state index contributed by atoms with van der Waals surface area (Å²) in [6.07, 6.45) is 3.44. The zero-order chi connectivity index (χ0) is 21.8. The van der Waals surface area contributed by atoms with Crippen LogP contribution in [0.2, 0.25) is 0 Å². The highest BCUT2D eigenvalue weighted by Crippen LogP contribution is 2.47. The van der Waals surface area contributed by atoms with Gasteiger partial charge in [0.05, 0.1) is 34.6 Å². The van der Waals surface area contributed by atoms with Gasteiger partial charge in [-0.25, -0.2) is 9.97 Å². The van der Waals surface area contributed by atoms with Gasteiger partial charge in [0.2, 0.25) is 0 Å². The van der Waals surface area contributed by atoms with Crippen LogP contribution < -0.4 is 11.5 Å². The number of fused-ring (bicyclic) bond motifs is 1. The first kappa shape index (κ1) is 18.8. The molecule has 2 aromatic carbocycles. The van der Waals surface area contributed by atoms with Gasteiger partial charge in [-0.3, -0.25) is 9.89 Å². The predicted molar refractivity (Wildman–Crippen MR) is 117 cm³/mol. The molecule has 0 bridgehead atoms. The van der Waals surface area contributed by atoms with Crippen LogP contribution in [0.1, 0.15) is 34.5 Å². The standard InChI is InChI=1S/C23H19N7O/c1-12-2-7-16-15(10-27-30-16)17(12)19-18(25)20(21(26)31)29-22(28-19)13-3-5-14(6-4-13)23(11-24)8-9-23/h2-7,10H,8-9,25H2,1H3,(H2,26,31)(H,27,30). The van der Waals surface area contributed by atoms with E-state index in [1.165, 1.54) is 0 Å². The number of rotatable bonds is 4. The van der Waals surface area contributed by atoms with E-state index in [2.05, 4.69) is 21.3 Å². The van der Waals surface area contributed by atoms with Gasteiger partial charge in [0.1, 0.15) is 0 Å². The van der Waals surface area contributed by atoms with Gasteiger partial charge in [-0.05, 0) is 37.0 Å². The fourth-order valence-electron chi connectivity index (χ4n) is 3.95. The third kappa shape index (κ3) is 2.90. The van der Waals surface area contributed by atoms with Gasteiger partial charge in [-0.2, -0.15) is 10.4 Å². The van der Waals surface area contributed by atoms with Gasteiger partial charge in [0.25, 0.3) is 5.91 Å². The minimum absolute atomic E-state index is 0.0281. The molecule has 0 aliphatic heterocycles. The lowest BCUT2D eigenvalue weighted by molar-refractivity contribution is 0.0996. The molecule has 1 aliphatic rings. The summed E-state index contributed by atoms with van der Waals surface area (Å²) in [5.74, 6) is -0.385. The summed E-state index contributed by atoms with van der Waals surface area (Å²) >= 11 is 0. The highest BCUT2D eigenvalue weighted by atomic mass is 16.1. The number of nitrogens with one attached hydrogen (secondary N) is 1. The normalized spacial score (nSPS) is 14.3. The van der Waals surface area contributed by atoms with Crippen LogP contribution in [0.25, 0.3) is 33.5 Å². The Balaban J connectivity index is 1.71. The fourth-order valence-corrected chi connectivity index (χ4v) is 3.95. The number of aromatic amines is 1. The first-order valence-electron chi connectivity index (χ1n) is 9.86. The minimum atomic E-state index is -0.725. The maximum absolute atomic E-state index is 12.1. The van der Waals surface area contributed by atoms with E-state index < -0.39 is 5.91 Å². The number of hydrogen-bond acceptors (Lipinski definition) is 6. The number of nitrogens with two attached hydrogens (primary N) is 2. The van der Waals surface area contributed by atoms with E-state index in [9.17, 15) is 10.1 Å². The molecule has 4 aromatic rings. The number of amides is 1. The number of carbonyl (C=O) groups is 1. The summed E-state index contributed by atoms with van der Waals surface area (Å²) in [4.78, 5) is 21.2. The zero-order valence-electron chi connectivity index (χ0n) is 16.8. The van der Waals surface area contributed by atoms with Crippen molar-refractivity contribution in [1.29, 1.82) is 5.26 Å². The van der Waals surface area contributed by atoms with Gasteiger partial charge in [-0.15, -0.1) is 0 Å². The molecule has 1 saturated carbocycles. The summed E-state index contributed by atoms with van der Waals surface area (Å²) < 4.78 is 0. The lowest BCUT2D eigenvalue weighted by Crippen LogP contribution is -2.18. The number of nitrogen functional groups attached to an aromatic ring is 1. The van der Waals surface area contributed by atoms with Crippen LogP contribution in [0, 0.1) is 18.3 Å². The molecule has 8 heteroatoms. The van der Waals surface area contributed by atoms with Crippen molar-refractivity contribution in [2.75, 3.05) is 5.73 Å². The minimum Gasteiger partial charge on any atom is -0.395 e. The highest BCUT2D eigenvalue weighted by molar-refractivity contribution is 6.04. The average Bonchev–Trinajstić information content (AvgIpc) is 3.44. The van der Waals surface area contributed by atoms with Crippen molar-refractivity contribution >= 4 is 22.5 Å². The summed E-state index contributed by atoms with van der Waals surface area (Å²) in [5.41, 5.74) is 16.3. The van der Waals surface area contributed by atoms with Gasteiger partial charge in [0.15, 0.2) is 11.5 Å². The molecule has 0 unspecified atom stereocenters. The maximum atomic E-state index is 12.1. The first-order chi connectivity index (χ1) is 14.9. The van der Waals surface area contributed by atoms with Gasteiger partial charge < -0.3 is 11.5 Å². The molecular formula is C23H19N7O. The zero-order valence-corrected chi connectivity index (χ0v) is 16.8. The summed E-state index contributed by atoms with van der Waals surface area (Å²) in [6, 6.07) is 13.8. The Morgan fingerprint density at radius 2 is 1.90 bits per heavy atom. The molecule has 2 heterocycles. The summed E-state index contributed by atoms with van der Waals surface area (Å²) in [6.45, 7) is 1.94. The molecule has 2 aromatic heterocycles. The Morgan fingerprint density at radius 1 is 1.16 bits per heavy atom. The second-order valence-electron chi connectivity index (χ2n) is 7.88. The monoisotopic (exact) mass is 409 g/mol. The molecule has 8 nitrogen and oxygen atoms in total. The number of carbonyl (C=O) groups excluding carboxylic acids is 1. The average molecular weight is 409 g/mol. The topological polar surface area (TPSA) is 147 Å². The van der Waals surface area contributed by atoms with Crippen LogP contribution in [0.5, 0.6) is 0 Å². The van der Waals surface area contributed by atoms with Crippen molar-refractivity contribution in [3.8, 4) is 28.7 Å². The first-order valence-corrected chi connectivity index (χ1v) is 9.86. The van der Waals surface area contributed by atoms with E-state index in [1.54, 1.807) is 6.20 Å². The molecule has 1 amide bonds. The molecular weight excluding hydrogens is 390 g/mol. The van der Waals surface area contributed by atoms with Gasteiger partial charge >= 0.3 is 0 Å². The van der Waals surface area contributed by atoms with Crippen LogP contribution in [0.15, 0.2) is 42.6 Å². The van der Waals surface area contributed by atoms with Crippen molar-refractivity contribution in [2.24, 2.45) is 5.73 Å². The van der Waals surface area contributed by atoms with Crippen molar-refractivity contribution in [3.63, 3.8) is 0 Å². The number of primary amides is 1. The number of nitriles is 1. The van der Waals surface area contributed by atoms with Crippen molar-refractivity contribution in [3.05, 3.63) is 59.4 Å². The number of benzene rings is 2. The molecule has 0 spiro atoms. The highest BCUT2D eigenvalue weighted by Gasteiger charge is 2.44. The maximum Gasteiger partial charge on any atom is 0.269 e. The summed E-state index contributed by atoms with van der Waals surface area (Å²) in [7, 11) is 0. The Kier molecular flexibility index (Phi) is 4.02. The van der Waals surface area contributed by atoms with Crippen LogP contribution in [-0.2, 0) is 5.41 Å². The Labute approximate surface area is 177 Å². The quantitative estimate of drug-likeness (QED) is 0.471. The molecule has 0 radical (unpaired) electrons. The molecule has 1 fully saturated rings. The van der Waals surface area contributed by atoms with Crippen LogP contribution >= 0.6 is 0 Å². The number of nitrogens with zero attached hydrogens (tertiary/aromatic N) is 4. The number of hydrogen-bond donors (Lipinski definition) is 3. The lowest BCUT2D eigenvalue weighted by atomic mass is 9.96. The molecule has 152 valence electrons. The fraction of sp³-hybridized carbons (Fsp3) is 0.174. The second kappa shape index (κ2) is 6.64. The largest absolute Gasteiger partial charge is 0.395 e. The van der Waals surface area contributed by atoms with Crippen LogP contribution in [-0.4, -0.2) is 26.1 Å². The Bertz CT molecular complexity index is 1390. The number of H-pyrrole nitrogens is 1. The van der Waals surface area contributed by atoms with Crippen molar-refractivity contribution in [2.45, 2.75) is 25.2 Å². The smallest absolute Gasteiger partial charge is 0.269 e. The number of aromatic nitrogens is 4. The van der Waals surface area contributed by atoms with Gasteiger partial charge in [0, 0.05) is 16.5 Å². The van der Waals surface area contributed by atoms with Crippen LogP contribution in [0.3, 0.4) is 0 Å². The summed E-state index contributed by atoms with van der Waals surface area (Å²) in [5, 5.41) is 17.3. The van der Waals surface area contributed by atoms with E-state index in [4.69, 9.17) is 16.5 Å². The van der Waals surface area contributed by atoms with Crippen molar-refractivity contribution in [1.82, 2.24) is 20.2 Å². The second-order valence-corrected chi connectivity index (χ2v) is 7.88. The SMILES string of the molecule is Cc1ccc2[nH]ncc2c1-c1nc(-c2ccc(C3(C#N)CC3)cc2)nc(C(N)=O)c1N. The third-order valence-corrected chi connectivity index (χ3v) is 5.91. The molecule has 5 N–H and O–H groups in total. The predicted octanol–water partition coefficient (Wildman–Crippen LogP) is 3.23. The lowest BCUT2D eigenvalue weighted by Gasteiger charge is -2.14. The molecule has 0 saturated heterocycles. The number of anilines is 1. The van der Waals surface area contributed by atoms with E-state index in [0.717, 1.165) is 40.4 Å². The Hall–Kier alpha value is -4.25. The van der Waals surface area contributed by atoms with Gasteiger partial charge in [-0.1, -0.05) is 30.3 Å². The van der Waals surface area contributed by atoms with E-state index in [0.29, 0.717) is 17.1 Å². The number of aryl methyl sites for hydroxylation is 1. The van der Waals surface area contributed by atoms with E-state index in [1.807, 2.05) is 43.3 Å². The van der Waals surface area contributed by atoms with E-state index in [-0.39, 0.29) is 16.8 Å². The van der Waals surface area contributed by atoms with Crippen LogP contribution in [0.4, 0.5) is 5.69 Å². The molecule has 0 atom stereocenters. The molecule has 31 heavy (non-hydrogen) atoms.